The van der Waals surface area contributed by atoms with Gasteiger partial charge in [-0.1, -0.05) is 17.7 Å². The molecule has 0 fully saturated rings. The largest absolute Gasteiger partial charge is 0.477 e. The number of rotatable bonds is 1. The van der Waals surface area contributed by atoms with Crippen molar-refractivity contribution in [1.29, 1.82) is 0 Å². The molecule has 0 aliphatic heterocycles. The van der Waals surface area contributed by atoms with Crippen LogP contribution in [0.4, 0.5) is 13.2 Å². The standard InChI is InChI=1S/C10H4ClF3O2S/c11-7-6-4(10(12,13)14)2-1-3-5(6)17-8(7)9(15)16/h1-3H,(H,15,16). The monoisotopic (exact) mass is 280 g/mol. The van der Waals surface area contributed by atoms with E-state index in [0.717, 1.165) is 17.4 Å². The molecule has 0 aliphatic carbocycles. The van der Waals surface area contributed by atoms with Crippen LogP contribution >= 0.6 is 22.9 Å². The van der Waals surface area contributed by atoms with Crippen LogP contribution in [0, 0.1) is 0 Å². The molecule has 2 rings (SSSR count). The fourth-order valence-corrected chi connectivity index (χ4v) is 2.90. The van der Waals surface area contributed by atoms with Gasteiger partial charge >= 0.3 is 12.1 Å². The second-order valence-electron chi connectivity index (χ2n) is 3.23. The normalized spacial score (nSPS) is 12.0. The molecule has 2 aromatic rings. The van der Waals surface area contributed by atoms with E-state index >= 15 is 0 Å². The van der Waals surface area contributed by atoms with Crippen LogP contribution in [0.25, 0.3) is 10.1 Å². The number of hydrogen-bond acceptors (Lipinski definition) is 2. The Morgan fingerprint density at radius 3 is 2.53 bits per heavy atom. The molecular formula is C10H4ClF3O2S. The lowest BCUT2D eigenvalue weighted by Crippen LogP contribution is -2.05. The van der Waals surface area contributed by atoms with Gasteiger partial charge in [-0.15, -0.1) is 11.3 Å². The average molecular weight is 281 g/mol. The lowest BCUT2D eigenvalue weighted by molar-refractivity contribution is -0.136. The number of thiophene rings is 1. The number of aromatic carboxylic acids is 1. The maximum Gasteiger partial charge on any atom is 0.417 e. The number of alkyl halides is 3. The Bertz CT molecular complexity index is 603. The molecule has 0 saturated heterocycles. The predicted octanol–water partition coefficient (Wildman–Crippen LogP) is 4.27. The van der Waals surface area contributed by atoms with E-state index in [4.69, 9.17) is 16.7 Å². The van der Waals surface area contributed by atoms with Crippen LogP contribution in [0.15, 0.2) is 18.2 Å². The van der Waals surface area contributed by atoms with Crippen molar-refractivity contribution in [3.05, 3.63) is 33.7 Å². The summed E-state index contributed by atoms with van der Waals surface area (Å²) in [6.45, 7) is 0. The molecule has 0 aliphatic rings. The highest BCUT2D eigenvalue weighted by atomic mass is 35.5. The van der Waals surface area contributed by atoms with Crippen molar-refractivity contribution in [1.82, 2.24) is 0 Å². The Hall–Kier alpha value is -1.27. The molecule has 17 heavy (non-hydrogen) atoms. The number of fused-ring (bicyclic) bond motifs is 1. The highest BCUT2D eigenvalue weighted by molar-refractivity contribution is 7.21. The highest BCUT2D eigenvalue weighted by Gasteiger charge is 2.34. The quantitative estimate of drug-likeness (QED) is 0.847. The van der Waals surface area contributed by atoms with E-state index in [0.29, 0.717) is 0 Å². The van der Waals surface area contributed by atoms with Gasteiger partial charge in [-0.3, -0.25) is 0 Å². The van der Waals surface area contributed by atoms with E-state index in [1.165, 1.54) is 12.1 Å². The van der Waals surface area contributed by atoms with Crippen molar-refractivity contribution >= 4 is 39.0 Å². The summed E-state index contributed by atoms with van der Waals surface area (Å²) in [6, 6.07) is 3.52. The van der Waals surface area contributed by atoms with Crippen molar-refractivity contribution in [3.8, 4) is 0 Å². The third-order valence-electron chi connectivity index (χ3n) is 2.16. The summed E-state index contributed by atoms with van der Waals surface area (Å²) in [7, 11) is 0. The summed E-state index contributed by atoms with van der Waals surface area (Å²) in [5.41, 5.74) is -0.913. The summed E-state index contributed by atoms with van der Waals surface area (Å²) in [4.78, 5) is 10.5. The molecule has 1 heterocycles. The van der Waals surface area contributed by atoms with Crippen molar-refractivity contribution in [2.45, 2.75) is 6.18 Å². The molecule has 1 aromatic carbocycles. The Kier molecular flexibility index (Phi) is 2.79. The van der Waals surface area contributed by atoms with Gasteiger partial charge in [0.2, 0.25) is 0 Å². The maximum atomic E-state index is 12.7. The van der Waals surface area contributed by atoms with Crippen LogP contribution in [0.5, 0.6) is 0 Å². The molecule has 0 saturated carbocycles. The topological polar surface area (TPSA) is 37.3 Å². The first-order valence-corrected chi connectivity index (χ1v) is 5.53. The summed E-state index contributed by atoms with van der Waals surface area (Å²) >= 11 is 6.42. The molecular weight excluding hydrogens is 277 g/mol. The van der Waals surface area contributed by atoms with Crippen LogP contribution in [0.2, 0.25) is 5.02 Å². The van der Waals surface area contributed by atoms with E-state index in [2.05, 4.69) is 0 Å². The van der Waals surface area contributed by atoms with Crippen molar-refractivity contribution in [2.75, 3.05) is 0 Å². The van der Waals surface area contributed by atoms with Gasteiger partial charge < -0.3 is 5.11 Å². The second-order valence-corrected chi connectivity index (χ2v) is 4.66. The lowest BCUT2D eigenvalue weighted by atomic mass is 10.1. The van der Waals surface area contributed by atoms with E-state index in [1.807, 2.05) is 0 Å². The van der Waals surface area contributed by atoms with Crippen LogP contribution in [-0.4, -0.2) is 11.1 Å². The number of hydrogen-bond donors (Lipinski definition) is 1. The lowest BCUT2D eigenvalue weighted by Gasteiger charge is -2.07. The number of carboxylic acids is 1. The first-order valence-electron chi connectivity index (χ1n) is 4.34. The molecule has 1 aromatic heterocycles. The SMILES string of the molecule is O=C(O)c1sc2cccc(C(F)(F)F)c2c1Cl. The van der Waals surface area contributed by atoms with Crippen LogP contribution in [0.3, 0.4) is 0 Å². The fraction of sp³-hybridized carbons (Fsp3) is 0.100. The van der Waals surface area contributed by atoms with Gasteiger partial charge in [-0.2, -0.15) is 13.2 Å². The Labute approximate surface area is 102 Å². The van der Waals surface area contributed by atoms with E-state index in [1.54, 1.807) is 0 Å². The van der Waals surface area contributed by atoms with Gasteiger partial charge in [-0.05, 0) is 12.1 Å². The number of halogens is 4. The number of carbonyl (C=O) groups is 1. The summed E-state index contributed by atoms with van der Waals surface area (Å²) in [6.07, 6.45) is -4.56. The van der Waals surface area contributed by atoms with Gasteiger partial charge in [0.05, 0.1) is 10.6 Å². The van der Waals surface area contributed by atoms with E-state index in [9.17, 15) is 18.0 Å². The van der Waals surface area contributed by atoms with Crippen LogP contribution in [0.1, 0.15) is 15.2 Å². The molecule has 1 N–H and O–H groups in total. The molecule has 0 amide bonds. The van der Waals surface area contributed by atoms with Crippen LogP contribution in [-0.2, 0) is 6.18 Å². The van der Waals surface area contributed by atoms with Crippen molar-refractivity contribution < 1.29 is 23.1 Å². The van der Waals surface area contributed by atoms with E-state index in [-0.39, 0.29) is 20.0 Å². The second kappa shape index (κ2) is 3.89. The summed E-state index contributed by atoms with van der Waals surface area (Å²) in [5.74, 6) is -1.33. The van der Waals surface area contributed by atoms with Gasteiger partial charge in [0.1, 0.15) is 4.88 Å². The third kappa shape index (κ3) is 1.98. The molecule has 0 bridgehead atoms. The number of carboxylic acid groups (broad SMARTS) is 1. The van der Waals surface area contributed by atoms with Gasteiger partial charge in [0.15, 0.2) is 0 Å². The van der Waals surface area contributed by atoms with Crippen molar-refractivity contribution in [2.24, 2.45) is 0 Å². The summed E-state index contributed by atoms with van der Waals surface area (Å²) in [5, 5.41) is 8.20. The zero-order chi connectivity index (χ0) is 12.8. The molecule has 0 atom stereocenters. The fourth-order valence-electron chi connectivity index (χ4n) is 1.48. The molecule has 7 heteroatoms. The number of benzene rings is 1. The first kappa shape index (κ1) is 12.2. The van der Waals surface area contributed by atoms with Gasteiger partial charge in [-0.25, -0.2) is 4.79 Å². The predicted molar refractivity (Wildman–Crippen MR) is 58.8 cm³/mol. The maximum absolute atomic E-state index is 12.7. The minimum atomic E-state index is -4.56. The molecule has 0 radical (unpaired) electrons. The van der Waals surface area contributed by atoms with Crippen LogP contribution < -0.4 is 0 Å². The van der Waals surface area contributed by atoms with Gasteiger partial charge in [0, 0.05) is 10.1 Å². The Balaban J connectivity index is 2.85. The smallest absolute Gasteiger partial charge is 0.417 e. The Morgan fingerprint density at radius 1 is 1.35 bits per heavy atom. The van der Waals surface area contributed by atoms with E-state index < -0.39 is 17.7 Å². The van der Waals surface area contributed by atoms with Gasteiger partial charge in [0.25, 0.3) is 0 Å². The zero-order valence-electron chi connectivity index (χ0n) is 8.01. The first-order chi connectivity index (χ1) is 7.82. The third-order valence-corrected chi connectivity index (χ3v) is 3.79. The molecule has 2 nitrogen and oxygen atoms in total. The highest BCUT2D eigenvalue weighted by Crippen LogP contribution is 2.43. The zero-order valence-corrected chi connectivity index (χ0v) is 9.58. The molecule has 0 spiro atoms. The minimum absolute atomic E-state index is 0.210. The van der Waals surface area contributed by atoms with Crippen molar-refractivity contribution in [3.63, 3.8) is 0 Å². The minimum Gasteiger partial charge on any atom is -0.477 e. The Morgan fingerprint density at radius 2 is 2.00 bits per heavy atom. The molecule has 90 valence electrons. The summed E-state index contributed by atoms with van der Waals surface area (Å²) < 4.78 is 38.3. The average Bonchev–Trinajstić information content (AvgIpc) is 2.55. The molecule has 0 unspecified atom stereocenters.